The van der Waals surface area contributed by atoms with Gasteiger partial charge in [-0.15, -0.1) is 11.3 Å². The molecule has 1 N–H and O–H groups in total. The van der Waals surface area contributed by atoms with E-state index in [-0.39, 0.29) is 6.04 Å². The van der Waals surface area contributed by atoms with Gasteiger partial charge in [-0.3, -0.25) is 0 Å². The molecule has 2 aromatic rings. The highest BCUT2D eigenvalue weighted by atomic mass is 35.5. The molecule has 0 aliphatic carbocycles. The number of nitrogens with one attached hydrogen (secondary N) is 1. The van der Waals surface area contributed by atoms with Crippen molar-refractivity contribution >= 4 is 22.9 Å². The lowest BCUT2D eigenvalue weighted by molar-refractivity contribution is 0.437. The molecule has 0 radical (unpaired) electrons. The van der Waals surface area contributed by atoms with Gasteiger partial charge in [-0.25, -0.2) is 0 Å². The van der Waals surface area contributed by atoms with Gasteiger partial charge >= 0.3 is 0 Å². The molecule has 1 unspecified atom stereocenters. The summed E-state index contributed by atoms with van der Waals surface area (Å²) in [5.74, 6) is 1.70. The average Bonchev–Trinajstić information content (AvgIpc) is 3.00. The number of hydrogen-bond acceptors (Lipinski definition) is 3. The molecule has 2 rings (SSSR count). The maximum atomic E-state index is 6.03. The summed E-state index contributed by atoms with van der Waals surface area (Å²) in [5, 5.41) is 3.57. The Morgan fingerprint density at radius 2 is 2.16 bits per heavy atom. The van der Waals surface area contributed by atoms with Crippen LogP contribution in [0.15, 0.2) is 34.9 Å². The van der Waals surface area contributed by atoms with E-state index in [1.54, 1.807) is 17.6 Å². The molecule has 0 aliphatic heterocycles. The van der Waals surface area contributed by atoms with Crippen molar-refractivity contribution in [1.29, 1.82) is 0 Å². The van der Waals surface area contributed by atoms with Gasteiger partial charge in [-0.2, -0.15) is 0 Å². The van der Waals surface area contributed by atoms with E-state index >= 15 is 0 Å². The number of hydrogen-bond donors (Lipinski definition) is 1. The van der Waals surface area contributed by atoms with Crippen molar-refractivity contribution in [3.05, 3.63) is 45.5 Å². The van der Waals surface area contributed by atoms with Crippen LogP contribution >= 0.6 is 22.9 Å². The molecule has 0 amide bonds. The Morgan fingerprint density at radius 3 is 2.74 bits per heavy atom. The Hall–Kier alpha value is -0.770. The molecule has 2 nitrogen and oxygen atoms in total. The van der Waals surface area contributed by atoms with Crippen molar-refractivity contribution in [3.8, 4) is 0 Å². The van der Waals surface area contributed by atoms with Crippen LogP contribution in [0.5, 0.6) is 0 Å². The molecule has 0 aliphatic rings. The third kappa shape index (κ3) is 4.37. The van der Waals surface area contributed by atoms with Gasteiger partial charge in [0.2, 0.25) is 0 Å². The Labute approximate surface area is 123 Å². The Kier molecular flexibility index (Phi) is 5.49. The molecule has 104 valence electrons. The molecule has 1 atom stereocenters. The fourth-order valence-electron chi connectivity index (χ4n) is 2.04. The summed E-state index contributed by atoms with van der Waals surface area (Å²) in [5.41, 5.74) is 0. The maximum absolute atomic E-state index is 6.03. The molecular weight excluding hydrogens is 278 g/mol. The number of thiophene rings is 1. The van der Waals surface area contributed by atoms with Crippen LogP contribution in [0.3, 0.4) is 0 Å². The van der Waals surface area contributed by atoms with Crippen LogP contribution < -0.4 is 5.32 Å². The first kappa shape index (κ1) is 14.6. The summed E-state index contributed by atoms with van der Waals surface area (Å²) >= 11 is 7.63. The lowest BCUT2D eigenvalue weighted by Crippen LogP contribution is -2.22. The van der Waals surface area contributed by atoms with Crippen molar-refractivity contribution in [2.45, 2.75) is 32.7 Å². The second-order valence-electron chi connectivity index (χ2n) is 5.08. The minimum Gasteiger partial charge on any atom is -0.467 e. The van der Waals surface area contributed by atoms with Crippen LogP contribution in [0.1, 0.15) is 43.4 Å². The number of furan rings is 1. The van der Waals surface area contributed by atoms with Crippen LogP contribution in [0, 0.1) is 5.92 Å². The standard InChI is InChI=1S/C15H20ClNOS/c1-11(2)5-3-9-17-15(12-6-4-10-18-12)13-7-8-14(16)19-13/h4,6-8,10-11,15,17H,3,5,9H2,1-2H3. The Bertz CT molecular complexity index is 478. The van der Waals surface area contributed by atoms with Crippen molar-refractivity contribution in [3.63, 3.8) is 0 Å². The van der Waals surface area contributed by atoms with Gasteiger partial charge in [0.1, 0.15) is 11.8 Å². The van der Waals surface area contributed by atoms with E-state index in [4.69, 9.17) is 16.0 Å². The van der Waals surface area contributed by atoms with Crippen molar-refractivity contribution < 1.29 is 4.42 Å². The van der Waals surface area contributed by atoms with Crippen LogP contribution in [0.2, 0.25) is 4.34 Å². The second-order valence-corrected chi connectivity index (χ2v) is 6.83. The second kappa shape index (κ2) is 7.13. The molecule has 0 bridgehead atoms. The zero-order valence-corrected chi connectivity index (χ0v) is 12.9. The monoisotopic (exact) mass is 297 g/mol. The Morgan fingerprint density at radius 1 is 1.32 bits per heavy atom. The first-order valence-electron chi connectivity index (χ1n) is 6.69. The molecule has 0 saturated carbocycles. The van der Waals surface area contributed by atoms with E-state index in [0.717, 1.165) is 22.6 Å². The fraction of sp³-hybridized carbons (Fsp3) is 0.467. The lowest BCUT2D eigenvalue weighted by atomic mass is 10.1. The highest BCUT2D eigenvalue weighted by molar-refractivity contribution is 7.16. The van der Waals surface area contributed by atoms with E-state index in [9.17, 15) is 0 Å². The van der Waals surface area contributed by atoms with Crippen molar-refractivity contribution in [2.75, 3.05) is 6.54 Å². The summed E-state index contributed by atoms with van der Waals surface area (Å²) < 4.78 is 6.35. The van der Waals surface area contributed by atoms with Crippen molar-refractivity contribution in [2.24, 2.45) is 5.92 Å². The topological polar surface area (TPSA) is 25.2 Å². The zero-order chi connectivity index (χ0) is 13.7. The fourth-order valence-corrected chi connectivity index (χ4v) is 3.18. The average molecular weight is 298 g/mol. The SMILES string of the molecule is CC(C)CCCNC(c1ccco1)c1ccc(Cl)s1. The largest absolute Gasteiger partial charge is 0.467 e. The van der Waals surface area contributed by atoms with Gasteiger partial charge in [0.25, 0.3) is 0 Å². The molecule has 2 heterocycles. The van der Waals surface area contributed by atoms with Crippen LogP contribution in [0.4, 0.5) is 0 Å². The highest BCUT2D eigenvalue weighted by Crippen LogP contribution is 2.31. The predicted octanol–water partition coefficient (Wildman–Crippen LogP) is 5.11. The molecule has 0 aromatic carbocycles. The van der Waals surface area contributed by atoms with E-state index < -0.39 is 0 Å². The van der Waals surface area contributed by atoms with Gasteiger partial charge in [-0.05, 0) is 49.6 Å². The number of rotatable bonds is 7. The summed E-state index contributed by atoms with van der Waals surface area (Å²) in [6.45, 7) is 5.49. The smallest absolute Gasteiger partial charge is 0.126 e. The third-order valence-electron chi connectivity index (χ3n) is 3.01. The Balaban J connectivity index is 1.99. The van der Waals surface area contributed by atoms with E-state index in [1.165, 1.54) is 17.7 Å². The predicted molar refractivity (Wildman–Crippen MR) is 82.0 cm³/mol. The van der Waals surface area contributed by atoms with Gasteiger partial charge in [0.15, 0.2) is 0 Å². The normalized spacial score (nSPS) is 13.1. The first-order valence-corrected chi connectivity index (χ1v) is 7.88. The van der Waals surface area contributed by atoms with Crippen LogP contribution in [-0.2, 0) is 0 Å². The van der Waals surface area contributed by atoms with E-state index in [2.05, 4.69) is 25.2 Å². The zero-order valence-electron chi connectivity index (χ0n) is 11.4. The molecule has 2 aromatic heterocycles. The first-order chi connectivity index (χ1) is 9.16. The van der Waals surface area contributed by atoms with Crippen LogP contribution in [0.25, 0.3) is 0 Å². The maximum Gasteiger partial charge on any atom is 0.126 e. The van der Waals surface area contributed by atoms with Gasteiger partial charge in [0.05, 0.1) is 10.6 Å². The van der Waals surface area contributed by atoms with E-state index in [1.807, 2.05) is 18.2 Å². The summed E-state index contributed by atoms with van der Waals surface area (Å²) in [4.78, 5) is 1.20. The van der Waals surface area contributed by atoms with Gasteiger partial charge in [-0.1, -0.05) is 25.4 Å². The number of halogens is 1. The molecule has 0 saturated heterocycles. The lowest BCUT2D eigenvalue weighted by Gasteiger charge is -2.15. The quantitative estimate of drug-likeness (QED) is 0.718. The summed E-state index contributed by atoms with van der Waals surface area (Å²) in [7, 11) is 0. The summed E-state index contributed by atoms with van der Waals surface area (Å²) in [6, 6.07) is 8.05. The molecule has 4 heteroatoms. The van der Waals surface area contributed by atoms with Gasteiger partial charge < -0.3 is 9.73 Å². The summed E-state index contributed by atoms with van der Waals surface area (Å²) in [6.07, 6.45) is 4.13. The minimum absolute atomic E-state index is 0.111. The molecule has 19 heavy (non-hydrogen) atoms. The molecule has 0 spiro atoms. The molecule has 0 fully saturated rings. The van der Waals surface area contributed by atoms with Crippen LogP contribution in [-0.4, -0.2) is 6.54 Å². The van der Waals surface area contributed by atoms with Gasteiger partial charge in [0, 0.05) is 4.88 Å². The minimum atomic E-state index is 0.111. The van der Waals surface area contributed by atoms with Crippen molar-refractivity contribution in [1.82, 2.24) is 5.32 Å². The third-order valence-corrected chi connectivity index (χ3v) is 4.31. The van der Waals surface area contributed by atoms with E-state index in [0.29, 0.717) is 0 Å². The highest BCUT2D eigenvalue weighted by Gasteiger charge is 2.18. The molecular formula is C15H20ClNOS.